The van der Waals surface area contributed by atoms with Gasteiger partial charge in [-0.1, -0.05) is 24.3 Å². The first kappa shape index (κ1) is 17.1. The fraction of sp³-hybridized carbons (Fsp3) is 0.286. The lowest BCUT2D eigenvalue weighted by atomic mass is 9.79. The van der Waals surface area contributed by atoms with Crippen molar-refractivity contribution in [2.75, 3.05) is 13.9 Å². The van der Waals surface area contributed by atoms with Gasteiger partial charge in [-0.25, -0.2) is 4.79 Å². The molecule has 2 atom stereocenters. The lowest BCUT2D eigenvalue weighted by Gasteiger charge is -2.43. The maximum absolute atomic E-state index is 12.5. The number of hydrogen-bond donors (Lipinski definition) is 3. The van der Waals surface area contributed by atoms with Crippen molar-refractivity contribution in [2.24, 2.45) is 0 Å². The molecule has 2 aliphatic heterocycles. The van der Waals surface area contributed by atoms with E-state index in [0.717, 1.165) is 27.7 Å². The van der Waals surface area contributed by atoms with E-state index in [-0.39, 0.29) is 13.2 Å². The van der Waals surface area contributed by atoms with E-state index in [0.29, 0.717) is 11.5 Å². The van der Waals surface area contributed by atoms with Crippen LogP contribution in [-0.4, -0.2) is 35.7 Å². The first-order chi connectivity index (χ1) is 13.4. The molecule has 0 radical (unpaired) electrons. The SMILES string of the molecule is COC(=O)[C@@]1(O)Cc2c([nH]c3ccccc23)C(C)(c2ccc3c(c2)OCO3)N1. The average molecular weight is 380 g/mol. The molecule has 3 N–H and O–H groups in total. The third-order valence-electron chi connectivity index (χ3n) is 5.68. The smallest absolute Gasteiger partial charge is 0.353 e. The molecule has 2 aromatic carbocycles. The molecule has 0 fully saturated rings. The van der Waals surface area contributed by atoms with E-state index in [1.807, 2.05) is 49.4 Å². The monoisotopic (exact) mass is 380 g/mol. The van der Waals surface area contributed by atoms with E-state index in [1.54, 1.807) is 0 Å². The van der Waals surface area contributed by atoms with E-state index >= 15 is 0 Å². The topological polar surface area (TPSA) is 92.8 Å². The fourth-order valence-corrected chi connectivity index (χ4v) is 4.30. The molecule has 3 heterocycles. The maximum Gasteiger partial charge on any atom is 0.353 e. The highest BCUT2D eigenvalue weighted by atomic mass is 16.7. The van der Waals surface area contributed by atoms with Gasteiger partial charge in [0.25, 0.3) is 0 Å². The zero-order valence-electron chi connectivity index (χ0n) is 15.5. The molecule has 5 rings (SSSR count). The number of aromatic amines is 1. The van der Waals surface area contributed by atoms with Crippen molar-refractivity contribution in [1.29, 1.82) is 0 Å². The number of methoxy groups -OCH3 is 1. The minimum Gasteiger partial charge on any atom is -0.466 e. The number of fused-ring (bicyclic) bond motifs is 4. The zero-order chi connectivity index (χ0) is 19.5. The van der Waals surface area contributed by atoms with Gasteiger partial charge in [0.1, 0.15) is 0 Å². The molecule has 7 heteroatoms. The first-order valence-electron chi connectivity index (χ1n) is 9.05. The number of rotatable bonds is 2. The molecule has 0 aliphatic carbocycles. The van der Waals surface area contributed by atoms with Gasteiger partial charge in [-0.15, -0.1) is 0 Å². The quantitative estimate of drug-likeness (QED) is 0.590. The summed E-state index contributed by atoms with van der Waals surface area (Å²) >= 11 is 0. The second-order valence-corrected chi connectivity index (χ2v) is 7.37. The van der Waals surface area contributed by atoms with E-state index < -0.39 is 17.2 Å². The van der Waals surface area contributed by atoms with Gasteiger partial charge in [0, 0.05) is 23.0 Å². The Morgan fingerprint density at radius 2 is 1.96 bits per heavy atom. The van der Waals surface area contributed by atoms with Crippen molar-refractivity contribution in [3.63, 3.8) is 0 Å². The van der Waals surface area contributed by atoms with Crippen LogP contribution in [0.15, 0.2) is 42.5 Å². The number of carbonyl (C=O) groups excluding carboxylic acids is 1. The molecule has 0 saturated heterocycles. The van der Waals surface area contributed by atoms with E-state index in [9.17, 15) is 9.90 Å². The number of hydrogen-bond acceptors (Lipinski definition) is 6. The number of aliphatic hydroxyl groups is 1. The van der Waals surface area contributed by atoms with Gasteiger partial charge in [0.15, 0.2) is 11.5 Å². The summed E-state index contributed by atoms with van der Waals surface area (Å²) in [5.41, 5.74) is 0.777. The van der Waals surface area contributed by atoms with Crippen molar-refractivity contribution < 1.29 is 24.1 Å². The van der Waals surface area contributed by atoms with Crippen molar-refractivity contribution in [2.45, 2.75) is 24.6 Å². The summed E-state index contributed by atoms with van der Waals surface area (Å²) < 4.78 is 15.8. The third-order valence-corrected chi connectivity index (χ3v) is 5.68. The largest absolute Gasteiger partial charge is 0.466 e. The van der Waals surface area contributed by atoms with Gasteiger partial charge in [0.05, 0.1) is 12.6 Å². The van der Waals surface area contributed by atoms with E-state index in [2.05, 4.69) is 10.3 Å². The standard InChI is InChI=1S/C21H20N2O5/c1-20(12-7-8-16-17(9-12)28-11-27-16)18-14(10-21(25,23-20)19(24)26-2)13-5-3-4-6-15(13)22-18/h3-9,22-23,25H,10-11H2,1-2H3/t20?,21-/m0/s1. The molecule has 0 bridgehead atoms. The van der Waals surface area contributed by atoms with Crippen LogP contribution in [0.5, 0.6) is 11.5 Å². The van der Waals surface area contributed by atoms with Crippen LogP contribution >= 0.6 is 0 Å². The van der Waals surface area contributed by atoms with E-state index in [1.165, 1.54) is 7.11 Å². The third kappa shape index (κ3) is 2.26. The van der Waals surface area contributed by atoms with Crippen LogP contribution in [0.4, 0.5) is 0 Å². The molecular weight excluding hydrogens is 360 g/mol. The number of aromatic nitrogens is 1. The fourth-order valence-electron chi connectivity index (χ4n) is 4.30. The van der Waals surface area contributed by atoms with Gasteiger partial charge < -0.3 is 24.3 Å². The zero-order valence-corrected chi connectivity index (χ0v) is 15.5. The number of carbonyl (C=O) groups is 1. The van der Waals surface area contributed by atoms with Gasteiger partial charge in [-0.3, -0.25) is 5.32 Å². The van der Waals surface area contributed by atoms with Crippen LogP contribution in [0.1, 0.15) is 23.7 Å². The maximum atomic E-state index is 12.5. The number of H-pyrrole nitrogens is 1. The number of ether oxygens (including phenoxy) is 3. The Labute approximate surface area is 161 Å². The summed E-state index contributed by atoms with van der Waals surface area (Å²) in [5, 5.41) is 15.3. The van der Waals surface area contributed by atoms with Crippen molar-refractivity contribution >= 4 is 16.9 Å². The Morgan fingerprint density at radius 3 is 2.79 bits per heavy atom. The Hall–Kier alpha value is -3.03. The second kappa shape index (κ2) is 5.73. The molecule has 1 unspecified atom stereocenters. The summed E-state index contributed by atoms with van der Waals surface area (Å²) in [6.07, 6.45) is 0.0964. The van der Waals surface area contributed by atoms with Crippen LogP contribution in [0.25, 0.3) is 10.9 Å². The normalized spacial score (nSPS) is 25.5. The summed E-state index contributed by atoms with van der Waals surface area (Å²) in [7, 11) is 1.27. The molecule has 1 aromatic heterocycles. The van der Waals surface area contributed by atoms with Gasteiger partial charge in [-0.05, 0) is 36.2 Å². The molecule has 144 valence electrons. The molecule has 0 saturated carbocycles. The van der Waals surface area contributed by atoms with Crippen molar-refractivity contribution in [3.05, 3.63) is 59.3 Å². The Kier molecular flexibility index (Phi) is 3.50. The van der Waals surface area contributed by atoms with Crippen LogP contribution in [-0.2, 0) is 21.5 Å². The summed E-state index contributed by atoms with van der Waals surface area (Å²) in [6, 6.07) is 13.4. The lowest BCUT2D eigenvalue weighted by molar-refractivity contribution is -0.169. The van der Waals surface area contributed by atoms with Crippen molar-refractivity contribution in [3.8, 4) is 11.5 Å². The number of para-hydroxylation sites is 1. The van der Waals surface area contributed by atoms with Crippen LogP contribution in [0.3, 0.4) is 0 Å². The van der Waals surface area contributed by atoms with Gasteiger partial charge in [0.2, 0.25) is 12.5 Å². The minimum atomic E-state index is -1.86. The molecular formula is C21H20N2O5. The van der Waals surface area contributed by atoms with Gasteiger partial charge in [-0.2, -0.15) is 0 Å². The second-order valence-electron chi connectivity index (χ2n) is 7.37. The van der Waals surface area contributed by atoms with Crippen molar-refractivity contribution in [1.82, 2.24) is 10.3 Å². The molecule has 3 aromatic rings. The van der Waals surface area contributed by atoms with Crippen LogP contribution in [0, 0.1) is 0 Å². The Balaban J connectivity index is 1.75. The van der Waals surface area contributed by atoms with E-state index in [4.69, 9.17) is 14.2 Å². The van der Waals surface area contributed by atoms with Gasteiger partial charge >= 0.3 is 5.97 Å². The summed E-state index contributed by atoms with van der Waals surface area (Å²) in [5.74, 6) is 0.573. The molecule has 28 heavy (non-hydrogen) atoms. The molecule has 7 nitrogen and oxygen atoms in total. The number of esters is 1. The predicted octanol–water partition coefficient (Wildman–Crippen LogP) is 2.17. The number of nitrogens with one attached hydrogen (secondary N) is 2. The molecule has 2 aliphatic rings. The molecule has 0 amide bonds. The highest BCUT2D eigenvalue weighted by Gasteiger charge is 2.51. The summed E-state index contributed by atoms with van der Waals surface area (Å²) in [4.78, 5) is 15.9. The Bertz CT molecular complexity index is 1110. The van der Waals surface area contributed by atoms with Crippen LogP contribution < -0.4 is 14.8 Å². The highest BCUT2D eigenvalue weighted by Crippen LogP contribution is 2.44. The predicted molar refractivity (Wildman–Crippen MR) is 101 cm³/mol. The first-order valence-corrected chi connectivity index (χ1v) is 9.05. The average Bonchev–Trinajstić information content (AvgIpc) is 3.31. The minimum absolute atomic E-state index is 0.0964. The Morgan fingerprint density at radius 1 is 1.18 bits per heavy atom. The summed E-state index contributed by atoms with van der Waals surface area (Å²) in [6.45, 7) is 2.10. The highest BCUT2D eigenvalue weighted by molar-refractivity contribution is 5.88. The molecule has 0 spiro atoms. The van der Waals surface area contributed by atoms with Crippen LogP contribution in [0.2, 0.25) is 0 Å². The number of benzene rings is 2. The lowest BCUT2D eigenvalue weighted by Crippen LogP contribution is -2.64.